The number of anilines is 1. The molecule has 2 aromatic rings. The van der Waals surface area contributed by atoms with Crippen LogP contribution in [-0.4, -0.2) is 48.3 Å². The zero-order valence-corrected chi connectivity index (χ0v) is 20.6. The van der Waals surface area contributed by atoms with Gasteiger partial charge < -0.3 is 30.2 Å². The standard InChI is InChI=1S/C24H27ClN4O4S/c1-24(8-11-33-24)14-32-19-13-26-9-6-15(19)12-28-17-7-10-27-22(30)20(17)23(34)29-18-5-3-4-16(25)21(18)31-2/h3-6,9,13,28H,7-8,10-12,14H2,1-2H3,(H,27,30)(H,29,34). The third kappa shape index (κ3) is 5.43. The fraction of sp³-hybridized carbons (Fsp3) is 0.375. The topological polar surface area (TPSA) is 93.7 Å². The number of pyridine rings is 1. The van der Waals surface area contributed by atoms with Crippen molar-refractivity contribution in [2.75, 3.05) is 32.2 Å². The maximum absolute atomic E-state index is 12.7. The van der Waals surface area contributed by atoms with Crippen molar-refractivity contribution >= 4 is 40.4 Å². The Morgan fingerprint density at radius 2 is 2.21 bits per heavy atom. The molecule has 1 aromatic carbocycles. The zero-order valence-electron chi connectivity index (χ0n) is 19.1. The Kier molecular flexibility index (Phi) is 7.55. The van der Waals surface area contributed by atoms with Crippen molar-refractivity contribution in [3.8, 4) is 11.5 Å². The van der Waals surface area contributed by atoms with E-state index in [2.05, 4.69) is 20.9 Å². The molecule has 4 rings (SSSR count). The number of hydrogen-bond acceptors (Lipinski definition) is 7. The Morgan fingerprint density at radius 3 is 2.94 bits per heavy atom. The number of rotatable bonds is 9. The van der Waals surface area contributed by atoms with Crippen LogP contribution in [-0.2, 0) is 16.1 Å². The fourth-order valence-corrected chi connectivity index (χ4v) is 4.33. The number of ether oxygens (including phenoxy) is 3. The molecule has 1 aromatic heterocycles. The van der Waals surface area contributed by atoms with E-state index < -0.39 is 0 Å². The number of nitrogens with zero attached hydrogens (tertiary/aromatic N) is 1. The summed E-state index contributed by atoms with van der Waals surface area (Å²) < 4.78 is 17.0. The van der Waals surface area contributed by atoms with Crippen LogP contribution in [0.15, 0.2) is 47.9 Å². The SMILES string of the molecule is COc1c(Cl)cccc1NC(=S)C1=C(NCc2ccncc2OCC2(C)CCO2)CCNC1=O. The van der Waals surface area contributed by atoms with Crippen molar-refractivity contribution in [1.82, 2.24) is 15.6 Å². The summed E-state index contributed by atoms with van der Waals surface area (Å²) in [5.41, 5.74) is 2.39. The number of nitrogens with one attached hydrogen (secondary N) is 3. The molecule has 0 bridgehead atoms. The van der Waals surface area contributed by atoms with Gasteiger partial charge >= 0.3 is 0 Å². The van der Waals surface area contributed by atoms with Gasteiger partial charge in [-0.05, 0) is 25.1 Å². The molecular formula is C24H27ClN4O4S. The Balaban J connectivity index is 1.50. The Hall–Kier alpha value is -2.88. The van der Waals surface area contributed by atoms with E-state index in [1.165, 1.54) is 7.11 Å². The maximum atomic E-state index is 12.7. The molecule has 8 nitrogen and oxygen atoms in total. The van der Waals surface area contributed by atoms with Crippen LogP contribution in [0.1, 0.15) is 25.3 Å². The minimum Gasteiger partial charge on any atom is -0.493 e. The second-order valence-electron chi connectivity index (χ2n) is 8.31. The van der Waals surface area contributed by atoms with E-state index in [0.717, 1.165) is 24.3 Å². The molecule has 0 saturated carbocycles. The van der Waals surface area contributed by atoms with Crippen molar-refractivity contribution in [2.45, 2.75) is 31.9 Å². The lowest BCUT2D eigenvalue weighted by Gasteiger charge is -2.38. The number of benzene rings is 1. The first-order valence-corrected chi connectivity index (χ1v) is 11.8. The van der Waals surface area contributed by atoms with E-state index in [1.54, 1.807) is 30.6 Å². The van der Waals surface area contributed by atoms with Gasteiger partial charge in [0, 0.05) is 43.4 Å². The zero-order chi connectivity index (χ0) is 24.1. The van der Waals surface area contributed by atoms with Gasteiger partial charge in [-0.3, -0.25) is 9.78 Å². The second kappa shape index (κ2) is 10.6. The molecular weight excluding hydrogens is 476 g/mol. The lowest BCUT2D eigenvalue weighted by Crippen LogP contribution is -2.45. The number of carbonyl (C=O) groups is 1. The number of amides is 1. The van der Waals surface area contributed by atoms with Crippen LogP contribution in [0.4, 0.5) is 5.69 Å². The highest BCUT2D eigenvalue weighted by Gasteiger charge is 2.34. The van der Waals surface area contributed by atoms with Crippen LogP contribution < -0.4 is 25.4 Å². The monoisotopic (exact) mass is 502 g/mol. The van der Waals surface area contributed by atoms with Crippen molar-refractivity contribution < 1.29 is 19.0 Å². The number of carbonyl (C=O) groups excluding carboxylic acids is 1. The molecule has 0 radical (unpaired) electrons. The number of aromatic nitrogens is 1. The molecule has 3 heterocycles. The summed E-state index contributed by atoms with van der Waals surface area (Å²) in [6, 6.07) is 7.19. The number of para-hydroxylation sites is 1. The molecule has 1 saturated heterocycles. The molecule has 2 aliphatic rings. The summed E-state index contributed by atoms with van der Waals surface area (Å²) >= 11 is 11.8. The quantitative estimate of drug-likeness (QED) is 0.448. The van der Waals surface area contributed by atoms with E-state index in [-0.39, 0.29) is 16.5 Å². The third-order valence-corrected chi connectivity index (χ3v) is 6.42. The van der Waals surface area contributed by atoms with Gasteiger partial charge in [-0.1, -0.05) is 29.9 Å². The van der Waals surface area contributed by atoms with Crippen LogP contribution >= 0.6 is 23.8 Å². The molecule has 1 unspecified atom stereocenters. The molecule has 2 aliphatic heterocycles. The predicted molar refractivity (Wildman–Crippen MR) is 134 cm³/mol. The molecule has 3 N–H and O–H groups in total. The van der Waals surface area contributed by atoms with Gasteiger partial charge in [0.2, 0.25) is 0 Å². The summed E-state index contributed by atoms with van der Waals surface area (Å²) in [5.74, 6) is 0.896. The Morgan fingerprint density at radius 1 is 1.38 bits per heavy atom. The largest absolute Gasteiger partial charge is 0.493 e. The molecule has 0 spiro atoms. The third-order valence-electron chi connectivity index (χ3n) is 5.81. The summed E-state index contributed by atoms with van der Waals surface area (Å²) in [6.45, 7) is 4.21. The molecule has 10 heteroatoms. The molecule has 34 heavy (non-hydrogen) atoms. The smallest absolute Gasteiger partial charge is 0.256 e. The highest BCUT2D eigenvalue weighted by molar-refractivity contribution is 7.81. The lowest BCUT2D eigenvalue weighted by molar-refractivity contribution is -0.152. The molecule has 1 atom stereocenters. The van der Waals surface area contributed by atoms with Crippen molar-refractivity contribution in [3.05, 3.63) is 58.5 Å². The van der Waals surface area contributed by atoms with Gasteiger partial charge in [0.05, 0.1) is 36.2 Å². The maximum Gasteiger partial charge on any atom is 0.256 e. The van der Waals surface area contributed by atoms with Crippen LogP contribution in [0.3, 0.4) is 0 Å². The highest BCUT2D eigenvalue weighted by atomic mass is 35.5. The van der Waals surface area contributed by atoms with Crippen molar-refractivity contribution in [2.24, 2.45) is 0 Å². The summed E-state index contributed by atoms with van der Waals surface area (Å²) in [4.78, 5) is 17.2. The minimum absolute atomic E-state index is 0.242. The van der Waals surface area contributed by atoms with Gasteiger partial charge in [-0.25, -0.2) is 0 Å². The number of hydrogen-bond donors (Lipinski definition) is 3. The first-order chi connectivity index (χ1) is 16.4. The van der Waals surface area contributed by atoms with E-state index >= 15 is 0 Å². The van der Waals surface area contributed by atoms with Gasteiger partial charge in [0.15, 0.2) is 5.75 Å². The van der Waals surface area contributed by atoms with E-state index in [4.69, 9.17) is 38.0 Å². The second-order valence-corrected chi connectivity index (χ2v) is 9.12. The van der Waals surface area contributed by atoms with Crippen LogP contribution in [0.5, 0.6) is 11.5 Å². The summed E-state index contributed by atoms with van der Waals surface area (Å²) in [7, 11) is 1.53. The fourth-order valence-electron chi connectivity index (χ4n) is 3.75. The van der Waals surface area contributed by atoms with Crippen LogP contribution in [0.25, 0.3) is 0 Å². The lowest BCUT2D eigenvalue weighted by atomic mass is 9.99. The van der Waals surface area contributed by atoms with Crippen LogP contribution in [0, 0.1) is 0 Å². The minimum atomic E-state index is -0.253. The van der Waals surface area contributed by atoms with Crippen molar-refractivity contribution in [1.29, 1.82) is 0 Å². The first kappa shape index (κ1) is 24.3. The molecule has 180 valence electrons. The number of methoxy groups -OCH3 is 1. The normalized spacial score (nSPS) is 19.7. The summed E-state index contributed by atoms with van der Waals surface area (Å²) in [5, 5.41) is 9.80. The van der Waals surface area contributed by atoms with Crippen molar-refractivity contribution in [3.63, 3.8) is 0 Å². The number of halogens is 1. The number of thiocarbonyl (C=S) groups is 1. The molecule has 1 amide bonds. The van der Waals surface area contributed by atoms with Gasteiger partial charge in [0.25, 0.3) is 5.91 Å². The highest BCUT2D eigenvalue weighted by Crippen LogP contribution is 2.33. The average molecular weight is 503 g/mol. The van der Waals surface area contributed by atoms with Crippen LogP contribution in [0.2, 0.25) is 5.02 Å². The van der Waals surface area contributed by atoms with Gasteiger partial charge in [-0.15, -0.1) is 0 Å². The predicted octanol–water partition coefficient (Wildman–Crippen LogP) is 3.60. The molecule has 0 aliphatic carbocycles. The van der Waals surface area contributed by atoms with Gasteiger partial charge in [-0.2, -0.15) is 0 Å². The first-order valence-electron chi connectivity index (χ1n) is 11.0. The Bertz CT molecular complexity index is 1120. The Labute approximate surface area is 209 Å². The van der Waals surface area contributed by atoms with Gasteiger partial charge in [0.1, 0.15) is 22.9 Å². The average Bonchev–Trinajstić information content (AvgIpc) is 2.80. The van der Waals surface area contributed by atoms with E-state index in [9.17, 15) is 4.79 Å². The summed E-state index contributed by atoms with van der Waals surface area (Å²) in [6.07, 6.45) is 4.99. The van der Waals surface area contributed by atoms with E-state index in [0.29, 0.717) is 53.9 Å². The molecule has 1 fully saturated rings. The van der Waals surface area contributed by atoms with E-state index in [1.807, 2.05) is 13.0 Å².